The standard InChI is InChI=1S/C23H24ClN3O5/c1-15-12-17(4-6-19(15)24)32-14-22(28)25-10-11-27-23(29)9-7-20(26-27)18-13-16(30-2)5-8-21(18)31-3/h4-9,12-13H,10-11,14H2,1-3H3,(H,25,28). The molecule has 0 radical (unpaired) electrons. The van der Waals surface area contributed by atoms with Crippen LogP contribution in [0.15, 0.2) is 53.3 Å². The molecule has 168 valence electrons. The number of rotatable bonds is 9. The summed E-state index contributed by atoms with van der Waals surface area (Å²) in [6.07, 6.45) is 0. The Morgan fingerprint density at radius 2 is 1.84 bits per heavy atom. The molecule has 2 aromatic carbocycles. The van der Waals surface area contributed by atoms with Crippen LogP contribution in [0.25, 0.3) is 11.3 Å². The number of aryl methyl sites for hydroxylation is 1. The first kappa shape index (κ1) is 23.1. The summed E-state index contributed by atoms with van der Waals surface area (Å²) in [5.74, 6) is 1.49. The highest BCUT2D eigenvalue weighted by atomic mass is 35.5. The third-order valence-corrected chi connectivity index (χ3v) is 5.12. The maximum atomic E-state index is 12.2. The SMILES string of the molecule is COc1ccc(OC)c(-c2ccc(=O)n(CCNC(=O)COc3ccc(Cl)c(C)c3)n2)c1. The van der Waals surface area contributed by atoms with Crippen molar-refractivity contribution in [2.45, 2.75) is 13.5 Å². The summed E-state index contributed by atoms with van der Waals surface area (Å²) in [6.45, 7) is 2.12. The van der Waals surface area contributed by atoms with Crippen molar-refractivity contribution in [2.75, 3.05) is 27.4 Å². The Bertz CT molecular complexity index is 1160. The van der Waals surface area contributed by atoms with Gasteiger partial charge in [0, 0.05) is 23.2 Å². The number of carbonyl (C=O) groups is 1. The normalized spacial score (nSPS) is 10.5. The minimum absolute atomic E-state index is 0.148. The van der Waals surface area contributed by atoms with Gasteiger partial charge >= 0.3 is 0 Å². The van der Waals surface area contributed by atoms with E-state index in [1.54, 1.807) is 56.7 Å². The van der Waals surface area contributed by atoms with Gasteiger partial charge in [0.05, 0.1) is 26.5 Å². The number of nitrogens with one attached hydrogen (secondary N) is 1. The second-order valence-electron chi connectivity index (χ2n) is 6.90. The van der Waals surface area contributed by atoms with Gasteiger partial charge in [-0.3, -0.25) is 9.59 Å². The number of halogens is 1. The molecule has 32 heavy (non-hydrogen) atoms. The lowest BCUT2D eigenvalue weighted by molar-refractivity contribution is -0.123. The maximum absolute atomic E-state index is 12.2. The minimum atomic E-state index is -0.309. The van der Waals surface area contributed by atoms with Crippen LogP contribution in [0.3, 0.4) is 0 Å². The predicted octanol–water partition coefficient (Wildman–Crippen LogP) is 3.08. The number of methoxy groups -OCH3 is 2. The van der Waals surface area contributed by atoms with E-state index in [2.05, 4.69) is 10.4 Å². The fourth-order valence-corrected chi connectivity index (χ4v) is 3.09. The second kappa shape index (κ2) is 10.7. The fourth-order valence-electron chi connectivity index (χ4n) is 2.98. The number of hydrogen-bond donors (Lipinski definition) is 1. The predicted molar refractivity (Wildman–Crippen MR) is 122 cm³/mol. The van der Waals surface area contributed by atoms with E-state index in [1.807, 2.05) is 6.92 Å². The van der Waals surface area contributed by atoms with Gasteiger partial charge in [-0.05, 0) is 55.0 Å². The summed E-state index contributed by atoms with van der Waals surface area (Å²) in [6, 6.07) is 13.6. The van der Waals surface area contributed by atoms with Crippen molar-refractivity contribution < 1.29 is 19.0 Å². The van der Waals surface area contributed by atoms with Crippen molar-refractivity contribution in [3.05, 3.63) is 69.5 Å². The molecule has 0 spiro atoms. The van der Waals surface area contributed by atoms with Crippen LogP contribution in [0.2, 0.25) is 5.02 Å². The van der Waals surface area contributed by atoms with Crippen LogP contribution in [0.1, 0.15) is 5.56 Å². The Labute approximate surface area is 190 Å². The van der Waals surface area contributed by atoms with Gasteiger partial charge in [0.15, 0.2) is 6.61 Å². The molecule has 1 heterocycles. The van der Waals surface area contributed by atoms with Crippen molar-refractivity contribution in [3.8, 4) is 28.5 Å². The van der Waals surface area contributed by atoms with E-state index in [0.717, 1.165) is 5.56 Å². The molecule has 0 fully saturated rings. The number of benzene rings is 2. The molecule has 3 aromatic rings. The Hall–Kier alpha value is -3.52. The molecule has 0 unspecified atom stereocenters. The highest BCUT2D eigenvalue weighted by Crippen LogP contribution is 2.31. The molecule has 0 aliphatic rings. The van der Waals surface area contributed by atoms with E-state index in [0.29, 0.717) is 33.5 Å². The highest BCUT2D eigenvalue weighted by molar-refractivity contribution is 6.31. The van der Waals surface area contributed by atoms with Gasteiger partial charge in [0.1, 0.15) is 17.2 Å². The van der Waals surface area contributed by atoms with E-state index >= 15 is 0 Å². The summed E-state index contributed by atoms with van der Waals surface area (Å²) in [7, 11) is 3.13. The zero-order valence-electron chi connectivity index (χ0n) is 18.1. The molecule has 0 saturated carbocycles. The molecule has 3 rings (SSSR count). The first-order valence-corrected chi connectivity index (χ1v) is 10.3. The van der Waals surface area contributed by atoms with Crippen LogP contribution in [-0.4, -0.2) is 43.1 Å². The first-order chi connectivity index (χ1) is 15.4. The summed E-state index contributed by atoms with van der Waals surface area (Å²) in [4.78, 5) is 24.3. The van der Waals surface area contributed by atoms with Crippen LogP contribution in [0.5, 0.6) is 17.2 Å². The smallest absolute Gasteiger partial charge is 0.266 e. The third-order valence-electron chi connectivity index (χ3n) is 4.69. The molecular formula is C23H24ClN3O5. The number of carbonyl (C=O) groups excluding carboxylic acids is 1. The van der Waals surface area contributed by atoms with Gasteiger partial charge < -0.3 is 19.5 Å². The van der Waals surface area contributed by atoms with Crippen molar-refractivity contribution in [1.29, 1.82) is 0 Å². The maximum Gasteiger partial charge on any atom is 0.266 e. The zero-order chi connectivity index (χ0) is 23.1. The molecular weight excluding hydrogens is 434 g/mol. The summed E-state index contributed by atoms with van der Waals surface area (Å²) in [5, 5.41) is 7.76. The van der Waals surface area contributed by atoms with Crippen LogP contribution in [0, 0.1) is 6.92 Å². The zero-order valence-corrected chi connectivity index (χ0v) is 18.8. The molecule has 0 atom stereocenters. The van der Waals surface area contributed by atoms with Crippen LogP contribution < -0.4 is 25.1 Å². The van der Waals surface area contributed by atoms with Gasteiger partial charge in [-0.25, -0.2) is 4.68 Å². The highest BCUT2D eigenvalue weighted by Gasteiger charge is 2.11. The van der Waals surface area contributed by atoms with E-state index in [-0.39, 0.29) is 31.2 Å². The fraction of sp³-hybridized carbons (Fsp3) is 0.261. The molecule has 1 aromatic heterocycles. The summed E-state index contributed by atoms with van der Waals surface area (Å²) < 4.78 is 17.4. The Morgan fingerprint density at radius 1 is 1.06 bits per heavy atom. The van der Waals surface area contributed by atoms with E-state index < -0.39 is 0 Å². The van der Waals surface area contributed by atoms with Crippen molar-refractivity contribution in [3.63, 3.8) is 0 Å². The van der Waals surface area contributed by atoms with E-state index in [1.165, 1.54) is 10.7 Å². The van der Waals surface area contributed by atoms with Crippen molar-refractivity contribution in [1.82, 2.24) is 15.1 Å². The lowest BCUT2D eigenvalue weighted by Gasteiger charge is -2.12. The molecule has 1 amide bonds. The molecule has 0 aliphatic carbocycles. The van der Waals surface area contributed by atoms with Gasteiger partial charge in [-0.2, -0.15) is 5.10 Å². The Kier molecular flexibility index (Phi) is 7.72. The first-order valence-electron chi connectivity index (χ1n) is 9.87. The monoisotopic (exact) mass is 457 g/mol. The number of amides is 1. The lowest BCUT2D eigenvalue weighted by Crippen LogP contribution is -2.34. The second-order valence-corrected chi connectivity index (χ2v) is 7.30. The van der Waals surface area contributed by atoms with Crippen LogP contribution >= 0.6 is 11.6 Å². The average Bonchev–Trinajstić information content (AvgIpc) is 2.80. The number of ether oxygens (including phenoxy) is 3. The van der Waals surface area contributed by atoms with Gasteiger partial charge in [0.2, 0.25) is 0 Å². The molecule has 8 nitrogen and oxygen atoms in total. The van der Waals surface area contributed by atoms with Gasteiger partial charge in [-0.1, -0.05) is 11.6 Å². The van der Waals surface area contributed by atoms with E-state index in [9.17, 15) is 9.59 Å². The lowest BCUT2D eigenvalue weighted by atomic mass is 10.1. The molecule has 9 heteroatoms. The van der Waals surface area contributed by atoms with Crippen molar-refractivity contribution in [2.24, 2.45) is 0 Å². The number of hydrogen-bond acceptors (Lipinski definition) is 6. The van der Waals surface area contributed by atoms with Gasteiger partial charge in [0.25, 0.3) is 11.5 Å². The molecule has 0 aliphatic heterocycles. The summed E-state index contributed by atoms with van der Waals surface area (Å²) >= 11 is 5.98. The minimum Gasteiger partial charge on any atom is -0.497 e. The van der Waals surface area contributed by atoms with Crippen LogP contribution in [-0.2, 0) is 11.3 Å². The topological polar surface area (TPSA) is 91.7 Å². The van der Waals surface area contributed by atoms with Gasteiger partial charge in [-0.15, -0.1) is 0 Å². The quantitative estimate of drug-likeness (QED) is 0.531. The Balaban J connectivity index is 1.61. The molecule has 0 saturated heterocycles. The molecule has 0 bridgehead atoms. The van der Waals surface area contributed by atoms with E-state index in [4.69, 9.17) is 25.8 Å². The number of aromatic nitrogens is 2. The largest absolute Gasteiger partial charge is 0.497 e. The van der Waals surface area contributed by atoms with Crippen molar-refractivity contribution >= 4 is 17.5 Å². The van der Waals surface area contributed by atoms with Crippen LogP contribution in [0.4, 0.5) is 0 Å². The third kappa shape index (κ3) is 5.79. The Morgan fingerprint density at radius 3 is 2.56 bits per heavy atom. The number of nitrogens with zero attached hydrogens (tertiary/aromatic N) is 2. The molecule has 1 N–H and O–H groups in total. The summed E-state index contributed by atoms with van der Waals surface area (Å²) in [5.41, 5.74) is 1.82. The average molecular weight is 458 g/mol.